The number of aromatic amines is 1. The van der Waals surface area contributed by atoms with Gasteiger partial charge in [0.05, 0.1) is 0 Å². The van der Waals surface area contributed by atoms with E-state index in [9.17, 15) is 23.2 Å². The Morgan fingerprint density at radius 3 is 2.87 bits per heavy atom. The molecular weight excluding hydrogens is 332 g/mol. The van der Waals surface area contributed by atoms with Gasteiger partial charge < -0.3 is 10.1 Å². The van der Waals surface area contributed by atoms with Crippen LogP contribution in [0.1, 0.15) is 14.5 Å². The summed E-state index contributed by atoms with van der Waals surface area (Å²) >= 11 is 1.03. The standard InChI is InChI=1S/C13H13F2N3O4S/c1-7-6-8(22-12(14)15)10(23-7)11(20)16-3-5-18-4-2-9(19)17-13(18)21/h2,4,6,12H,3,5H2,1H3,(H,16,20)(H,17,19,21). The van der Waals surface area contributed by atoms with Gasteiger partial charge in [-0.1, -0.05) is 0 Å². The van der Waals surface area contributed by atoms with Gasteiger partial charge in [0, 0.05) is 30.2 Å². The third kappa shape index (κ3) is 4.49. The molecule has 0 aromatic carbocycles. The number of aryl methyl sites for hydroxylation is 1. The van der Waals surface area contributed by atoms with Gasteiger partial charge in [-0.05, 0) is 13.0 Å². The van der Waals surface area contributed by atoms with E-state index in [-0.39, 0.29) is 23.7 Å². The summed E-state index contributed by atoms with van der Waals surface area (Å²) in [4.78, 5) is 37.2. The Morgan fingerprint density at radius 2 is 2.22 bits per heavy atom. The lowest BCUT2D eigenvalue weighted by atomic mass is 10.3. The molecule has 0 aliphatic rings. The summed E-state index contributed by atoms with van der Waals surface area (Å²) in [5.41, 5.74) is -1.11. The molecule has 2 heterocycles. The van der Waals surface area contributed by atoms with Crippen LogP contribution in [0.25, 0.3) is 0 Å². The number of nitrogens with zero attached hydrogens (tertiary/aromatic N) is 1. The highest BCUT2D eigenvalue weighted by molar-refractivity contribution is 7.14. The number of nitrogens with one attached hydrogen (secondary N) is 2. The number of halogens is 2. The highest BCUT2D eigenvalue weighted by Crippen LogP contribution is 2.29. The predicted octanol–water partition coefficient (Wildman–Crippen LogP) is 0.938. The van der Waals surface area contributed by atoms with Crippen LogP contribution < -0.4 is 21.3 Å². The topological polar surface area (TPSA) is 93.2 Å². The lowest BCUT2D eigenvalue weighted by Crippen LogP contribution is -2.33. The highest BCUT2D eigenvalue weighted by atomic mass is 32.1. The summed E-state index contributed by atoms with van der Waals surface area (Å²) in [7, 11) is 0. The molecule has 7 nitrogen and oxygen atoms in total. The first-order valence-corrected chi connectivity index (χ1v) is 7.31. The number of hydrogen-bond donors (Lipinski definition) is 2. The van der Waals surface area contributed by atoms with Crippen LogP contribution in [0.5, 0.6) is 5.75 Å². The molecule has 0 unspecified atom stereocenters. The van der Waals surface area contributed by atoms with Gasteiger partial charge >= 0.3 is 12.3 Å². The Bertz CT molecular complexity index is 812. The minimum atomic E-state index is -3.02. The molecule has 0 aliphatic heterocycles. The molecule has 10 heteroatoms. The summed E-state index contributed by atoms with van der Waals surface area (Å²) in [6.07, 6.45) is 1.30. The molecule has 2 rings (SSSR count). The van der Waals surface area contributed by atoms with Crippen molar-refractivity contribution >= 4 is 17.2 Å². The van der Waals surface area contributed by atoms with Crippen molar-refractivity contribution in [3.05, 3.63) is 48.9 Å². The smallest absolute Gasteiger partial charge is 0.387 e. The second-order valence-corrected chi connectivity index (χ2v) is 5.74. The Kier molecular flexibility index (Phi) is 5.27. The number of carbonyl (C=O) groups is 1. The molecule has 0 radical (unpaired) electrons. The molecule has 0 atom stereocenters. The fraction of sp³-hybridized carbons (Fsp3) is 0.308. The maximum Gasteiger partial charge on any atom is 0.387 e. The molecule has 1 amide bonds. The van der Waals surface area contributed by atoms with Crippen molar-refractivity contribution in [2.24, 2.45) is 0 Å². The minimum absolute atomic E-state index is 0.0385. The molecular formula is C13H13F2N3O4S. The van der Waals surface area contributed by atoms with Gasteiger partial charge in [-0.15, -0.1) is 11.3 Å². The molecule has 0 saturated carbocycles. The van der Waals surface area contributed by atoms with Crippen LogP contribution >= 0.6 is 11.3 Å². The third-order valence-electron chi connectivity index (χ3n) is 2.78. The first kappa shape index (κ1) is 16.9. The van der Waals surface area contributed by atoms with Gasteiger partial charge in [-0.3, -0.25) is 19.1 Å². The van der Waals surface area contributed by atoms with Crippen molar-refractivity contribution in [2.45, 2.75) is 20.1 Å². The number of aromatic nitrogens is 2. The zero-order chi connectivity index (χ0) is 17.0. The number of rotatable bonds is 6. The average Bonchev–Trinajstić information content (AvgIpc) is 2.81. The van der Waals surface area contributed by atoms with Crippen molar-refractivity contribution in [3.8, 4) is 5.75 Å². The fourth-order valence-corrected chi connectivity index (χ4v) is 2.68. The van der Waals surface area contributed by atoms with Gasteiger partial charge in [0.2, 0.25) is 0 Å². The zero-order valence-corrected chi connectivity index (χ0v) is 12.8. The second kappa shape index (κ2) is 7.18. The van der Waals surface area contributed by atoms with Crippen LogP contribution in [0.2, 0.25) is 0 Å². The van der Waals surface area contributed by atoms with Gasteiger partial charge in [0.15, 0.2) is 0 Å². The van der Waals surface area contributed by atoms with Gasteiger partial charge in [-0.2, -0.15) is 8.78 Å². The van der Waals surface area contributed by atoms with E-state index in [1.54, 1.807) is 6.92 Å². The van der Waals surface area contributed by atoms with Crippen LogP contribution in [-0.2, 0) is 6.54 Å². The number of amides is 1. The van der Waals surface area contributed by atoms with E-state index in [0.717, 1.165) is 11.3 Å². The number of alkyl halides is 2. The largest absolute Gasteiger partial charge is 0.433 e. The van der Waals surface area contributed by atoms with E-state index in [0.29, 0.717) is 4.88 Å². The summed E-state index contributed by atoms with van der Waals surface area (Å²) in [6, 6.07) is 2.54. The zero-order valence-electron chi connectivity index (χ0n) is 12.0. The monoisotopic (exact) mass is 345 g/mol. The van der Waals surface area contributed by atoms with E-state index >= 15 is 0 Å². The molecule has 0 spiro atoms. The quantitative estimate of drug-likeness (QED) is 0.815. The maximum atomic E-state index is 12.3. The molecule has 2 aromatic heterocycles. The number of H-pyrrole nitrogens is 1. The highest BCUT2D eigenvalue weighted by Gasteiger charge is 2.18. The molecule has 0 fully saturated rings. The number of hydrogen-bond acceptors (Lipinski definition) is 5. The number of thiophene rings is 1. The van der Waals surface area contributed by atoms with Crippen LogP contribution in [-0.4, -0.2) is 28.6 Å². The molecule has 0 saturated heterocycles. The van der Waals surface area contributed by atoms with Crippen LogP contribution in [0, 0.1) is 6.92 Å². The van der Waals surface area contributed by atoms with Crippen molar-refractivity contribution < 1.29 is 18.3 Å². The Labute approximate surface area is 132 Å². The second-order valence-electron chi connectivity index (χ2n) is 4.49. The summed E-state index contributed by atoms with van der Waals surface area (Å²) in [5.74, 6) is -0.752. The van der Waals surface area contributed by atoms with Crippen molar-refractivity contribution in [1.29, 1.82) is 0 Å². The third-order valence-corrected chi connectivity index (χ3v) is 3.81. The first-order valence-electron chi connectivity index (χ1n) is 6.50. The van der Waals surface area contributed by atoms with Gasteiger partial charge in [0.25, 0.3) is 11.5 Å². The lowest BCUT2D eigenvalue weighted by molar-refractivity contribution is -0.0498. The lowest BCUT2D eigenvalue weighted by Gasteiger charge is -2.08. The Hall–Kier alpha value is -2.49. The molecule has 0 aliphatic carbocycles. The predicted molar refractivity (Wildman–Crippen MR) is 79.3 cm³/mol. The average molecular weight is 345 g/mol. The van der Waals surface area contributed by atoms with Gasteiger partial charge in [0.1, 0.15) is 10.6 Å². The van der Waals surface area contributed by atoms with E-state index in [1.165, 1.54) is 22.9 Å². The maximum absolute atomic E-state index is 12.3. The van der Waals surface area contributed by atoms with E-state index < -0.39 is 23.8 Å². The molecule has 0 bridgehead atoms. The summed E-state index contributed by atoms with van der Waals surface area (Å²) in [5, 5.41) is 2.51. The molecule has 2 aromatic rings. The van der Waals surface area contributed by atoms with E-state index in [1.807, 2.05) is 0 Å². The van der Waals surface area contributed by atoms with Crippen LogP contribution in [0.3, 0.4) is 0 Å². The molecule has 23 heavy (non-hydrogen) atoms. The van der Waals surface area contributed by atoms with E-state index in [2.05, 4.69) is 15.0 Å². The van der Waals surface area contributed by atoms with E-state index in [4.69, 9.17) is 0 Å². The normalized spacial score (nSPS) is 10.8. The van der Waals surface area contributed by atoms with Gasteiger partial charge in [-0.25, -0.2) is 4.79 Å². The van der Waals surface area contributed by atoms with Crippen molar-refractivity contribution in [2.75, 3.05) is 6.54 Å². The van der Waals surface area contributed by atoms with Crippen molar-refractivity contribution in [3.63, 3.8) is 0 Å². The fourth-order valence-electron chi connectivity index (χ4n) is 1.82. The number of ether oxygens (including phenoxy) is 1. The Morgan fingerprint density at radius 1 is 1.48 bits per heavy atom. The number of carbonyl (C=O) groups excluding carboxylic acids is 1. The summed E-state index contributed by atoms with van der Waals surface area (Å²) in [6.45, 7) is -1.15. The minimum Gasteiger partial charge on any atom is -0.433 e. The Balaban J connectivity index is 2.00. The molecule has 124 valence electrons. The van der Waals surface area contributed by atoms with Crippen LogP contribution in [0.4, 0.5) is 8.78 Å². The first-order chi connectivity index (χ1) is 10.9. The van der Waals surface area contributed by atoms with Crippen molar-refractivity contribution in [1.82, 2.24) is 14.9 Å². The summed E-state index contributed by atoms with van der Waals surface area (Å²) < 4.78 is 30.1. The van der Waals surface area contributed by atoms with Crippen LogP contribution in [0.15, 0.2) is 27.9 Å². The molecule has 2 N–H and O–H groups in total. The SMILES string of the molecule is Cc1cc(OC(F)F)c(C(=O)NCCn2ccc(=O)[nH]c2=O)s1.